The van der Waals surface area contributed by atoms with Gasteiger partial charge < -0.3 is 76.1 Å². The number of H-pyrrole nitrogens is 1. The third kappa shape index (κ3) is 22.2. The Morgan fingerprint density at radius 3 is 2.13 bits per heavy atom. The summed E-state index contributed by atoms with van der Waals surface area (Å²) in [5.41, 5.74) is 8.63. The Morgan fingerprint density at radius 2 is 1.44 bits per heavy atom. The van der Waals surface area contributed by atoms with Crippen LogP contribution in [-0.2, 0) is 60.8 Å². The molecule has 91 heavy (non-hydrogen) atoms. The largest absolute Gasteiger partial charge is 0.490 e. The number of amides is 8. The molecule has 2 atom stereocenters. The topological polar surface area (TPSA) is 368 Å². The number of aromatic carboxylic acids is 1. The van der Waals surface area contributed by atoms with Crippen molar-refractivity contribution in [2.45, 2.75) is 64.8 Å². The molecule has 0 radical (unpaired) electrons. The lowest BCUT2D eigenvalue weighted by Gasteiger charge is -2.25. The molecule has 4 heterocycles. The predicted molar refractivity (Wildman–Crippen MR) is 326 cm³/mol. The fraction of sp³-hybridized carbons (Fsp3) is 0.371. The second kappa shape index (κ2) is 35.3. The summed E-state index contributed by atoms with van der Waals surface area (Å²) in [6, 6.07) is 21.3. The number of nitrogens with zero attached hydrogens (tertiary/aromatic N) is 4. The number of rotatable bonds is 38. The smallest absolute Gasteiger partial charge is 0.407 e. The van der Waals surface area contributed by atoms with Crippen LogP contribution >= 0.6 is 0 Å². The Morgan fingerprint density at radius 1 is 0.736 bits per heavy atom. The van der Waals surface area contributed by atoms with E-state index < -0.39 is 60.0 Å². The Labute approximate surface area is 521 Å². The second-order valence-corrected chi connectivity index (χ2v) is 20.7. The number of ether oxygens (including phenoxy) is 6. The molecule has 27 nitrogen and oxygen atoms in total. The van der Waals surface area contributed by atoms with E-state index in [0.717, 1.165) is 4.90 Å². The summed E-state index contributed by atoms with van der Waals surface area (Å²) in [5.74, 6) is -3.01. The molecule has 8 amide bonds. The van der Waals surface area contributed by atoms with E-state index in [9.17, 15) is 52.2 Å². The minimum absolute atomic E-state index is 0.0396. The number of imidazole rings is 1. The van der Waals surface area contributed by atoms with E-state index in [2.05, 4.69) is 46.9 Å². The highest BCUT2D eigenvalue weighted by Gasteiger charge is 2.29. The Bertz CT molecular complexity index is 3480. The van der Waals surface area contributed by atoms with Crippen LogP contribution in [0.15, 0.2) is 109 Å². The number of alkyl carbamates (subject to hydrolysis) is 1. The maximum absolute atomic E-state index is 13.8. The van der Waals surface area contributed by atoms with Gasteiger partial charge >= 0.3 is 18.1 Å². The lowest BCUT2D eigenvalue weighted by molar-refractivity contribution is -0.137. The summed E-state index contributed by atoms with van der Waals surface area (Å²) in [6.07, 6.45) is 0.726. The minimum atomic E-state index is -2.81. The van der Waals surface area contributed by atoms with Gasteiger partial charge in [0.1, 0.15) is 42.6 Å². The van der Waals surface area contributed by atoms with E-state index in [1.807, 2.05) is 6.07 Å². The van der Waals surface area contributed by atoms with E-state index in [1.165, 1.54) is 42.6 Å². The first-order chi connectivity index (χ1) is 43.9. The number of carboxylic acids is 1. The third-order valence-electron chi connectivity index (χ3n) is 13.6. The number of imide groups is 1. The predicted octanol–water partition coefficient (Wildman–Crippen LogP) is 5.63. The van der Waals surface area contributed by atoms with Gasteiger partial charge in [-0.1, -0.05) is 44.2 Å². The van der Waals surface area contributed by atoms with Crippen molar-refractivity contribution >= 4 is 69.9 Å². The van der Waals surface area contributed by atoms with Crippen LogP contribution in [0.1, 0.15) is 67.0 Å². The molecule has 7 rings (SSSR count). The van der Waals surface area contributed by atoms with Crippen LogP contribution in [0.2, 0.25) is 0 Å². The number of carboxylic acid groups (broad SMARTS) is 1. The molecular weight excluding hydrogens is 1190 g/mol. The SMILES string of the molecule is CC(C)[C@H](NC(=O)CCOCCOCCOCCOCCN1C(=O)C=CC1=O)C(=O)NC(CCCNC(N)=O)C(=O)Nc1ccc(COC(=O)NCCOc2cnc3ccc(-c4nc(CNc5cccc(C(=O)O)c5)[nH]c4-c4cccc(C(F)F)n4)cc3c2)cc1. The van der Waals surface area contributed by atoms with Crippen molar-refractivity contribution in [2.24, 2.45) is 11.7 Å². The molecule has 3 aromatic heterocycles. The van der Waals surface area contributed by atoms with Gasteiger partial charge in [0, 0.05) is 47.4 Å². The molecule has 0 spiro atoms. The van der Waals surface area contributed by atoms with Gasteiger partial charge in [-0.15, -0.1) is 0 Å². The van der Waals surface area contributed by atoms with Gasteiger partial charge in [0.15, 0.2) is 0 Å². The van der Waals surface area contributed by atoms with Crippen LogP contribution in [0.5, 0.6) is 5.75 Å². The van der Waals surface area contributed by atoms with E-state index in [0.29, 0.717) is 69.6 Å². The van der Waals surface area contributed by atoms with E-state index >= 15 is 0 Å². The zero-order valence-corrected chi connectivity index (χ0v) is 50.0. The maximum Gasteiger partial charge on any atom is 0.407 e. The van der Waals surface area contributed by atoms with Crippen LogP contribution in [0.3, 0.4) is 0 Å². The monoisotopic (exact) mass is 1260 g/mol. The molecule has 3 aromatic carbocycles. The number of pyridine rings is 2. The highest BCUT2D eigenvalue weighted by Crippen LogP contribution is 2.33. The van der Waals surface area contributed by atoms with Crippen LogP contribution in [0, 0.1) is 5.92 Å². The lowest BCUT2D eigenvalue weighted by Crippen LogP contribution is -2.54. The number of benzene rings is 3. The fourth-order valence-electron chi connectivity index (χ4n) is 8.90. The number of halogens is 2. The average molecular weight is 1260 g/mol. The molecule has 0 aliphatic carbocycles. The number of nitrogens with one attached hydrogen (secondary N) is 7. The zero-order valence-electron chi connectivity index (χ0n) is 50.0. The number of urea groups is 1. The molecule has 6 aromatic rings. The molecule has 1 aliphatic heterocycles. The van der Waals surface area contributed by atoms with Crippen LogP contribution in [-0.4, -0.2) is 169 Å². The molecule has 484 valence electrons. The molecule has 0 saturated heterocycles. The molecule has 1 unspecified atom stereocenters. The molecule has 0 fully saturated rings. The maximum atomic E-state index is 13.8. The van der Waals surface area contributed by atoms with Gasteiger partial charge in [0.25, 0.3) is 18.2 Å². The summed E-state index contributed by atoms with van der Waals surface area (Å²) in [5, 5.41) is 26.6. The molecule has 1 aliphatic rings. The van der Waals surface area contributed by atoms with Crippen molar-refractivity contribution in [3.63, 3.8) is 0 Å². The normalized spacial score (nSPS) is 12.7. The quantitative estimate of drug-likeness (QED) is 0.0167. The van der Waals surface area contributed by atoms with Crippen molar-refractivity contribution in [2.75, 3.05) is 89.7 Å². The highest BCUT2D eigenvalue weighted by atomic mass is 19.3. The Balaban J connectivity index is 0.821. The number of anilines is 2. The average Bonchev–Trinajstić information content (AvgIpc) is 2.02. The van der Waals surface area contributed by atoms with Gasteiger partial charge in [0.2, 0.25) is 17.7 Å². The van der Waals surface area contributed by atoms with E-state index in [-0.39, 0.29) is 127 Å². The summed E-state index contributed by atoms with van der Waals surface area (Å²) < 4.78 is 60.7. The summed E-state index contributed by atoms with van der Waals surface area (Å²) >= 11 is 0. The van der Waals surface area contributed by atoms with Gasteiger partial charge in [-0.3, -0.25) is 33.9 Å². The first-order valence-corrected chi connectivity index (χ1v) is 29.1. The van der Waals surface area contributed by atoms with Gasteiger partial charge in [-0.05, 0) is 85.0 Å². The number of hydrogen-bond acceptors (Lipinski definition) is 18. The van der Waals surface area contributed by atoms with Gasteiger partial charge in [0.05, 0.1) is 107 Å². The van der Waals surface area contributed by atoms with Crippen LogP contribution in [0.25, 0.3) is 33.5 Å². The standard InChI is InChI=1S/C62H72F2N12O15/c1-38(2)54(75-51(77)19-23-86-26-28-88-30-31-89-29-27-87-25-22-76-52(78)17-18-53(76)79)59(81)72-49(10-5-20-66-61(65)84)58(80)70-43-14-11-39(12-15-43)37-91-62(85)67-21-24-90-45-34-42-32-40(13-16-46(42)69-35-45)55-56(47-8-4-9-48(71-47)57(63)64)74-50(73-55)36-68-44-7-3-6-41(33-44)60(82)83/h3-4,6-9,11-18,32-35,38,49,54,57,68H,5,10,19-31,36-37H2,1-2H3,(H,67,85)(H,70,80)(H,72,81)(H,73,74)(H,75,77)(H,82,83)(H3,65,66,84)/t49?,54-/m0/s1. The number of nitrogens with two attached hydrogens (primary N) is 1. The minimum Gasteiger partial charge on any atom is -0.490 e. The van der Waals surface area contributed by atoms with E-state index in [1.54, 1.807) is 74.5 Å². The number of carbonyl (C=O) groups is 8. The highest BCUT2D eigenvalue weighted by molar-refractivity contribution is 6.12. The van der Waals surface area contributed by atoms with Crippen LogP contribution < -0.4 is 42.4 Å². The lowest BCUT2D eigenvalue weighted by atomic mass is 10.0. The summed E-state index contributed by atoms with van der Waals surface area (Å²) in [4.78, 5) is 117. The van der Waals surface area contributed by atoms with Gasteiger partial charge in [-0.2, -0.15) is 0 Å². The number of alkyl halides is 2. The zero-order chi connectivity index (χ0) is 65.1. The first kappa shape index (κ1) is 68.5. The molecule has 0 saturated carbocycles. The number of fused-ring (bicyclic) bond motifs is 1. The number of aromatic nitrogens is 4. The number of carbonyl (C=O) groups excluding carboxylic acids is 7. The Kier molecular flexibility index (Phi) is 26.6. The molecule has 29 heteroatoms. The van der Waals surface area contributed by atoms with Crippen molar-refractivity contribution in [1.82, 2.24) is 46.1 Å². The van der Waals surface area contributed by atoms with Crippen molar-refractivity contribution in [1.29, 1.82) is 0 Å². The molecule has 0 bridgehead atoms. The first-order valence-electron chi connectivity index (χ1n) is 29.1. The number of hydrogen-bond donors (Lipinski definition) is 9. The van der Waals surface area contributed by atoms with E-state index in [4.69, 9.17) is 39.1 Å². The second-order valence-electron chi connectivity index (χ2n) is 20.7. The van der Waals surface area contributed by atoms with Crippen molar-refractivity contribution in [3.05, 3.63) is 132 Å². The molecular formula is C62H72F2N12O15. The summed E-state index contributed by atoms with van der Waals surface area (Å²) in [7, 11) is 0. The third-order valence-corrected chi connectivity index (χ3v) is 13.6. The summed E-state index contributed by atoms with van der Waals surface area (Å²) in [6.45, 7) is 5.73. The van der Waals surface area contributed by atoms with Crippen molar-refractivity contribution in [3.8, 4) is 28.4 Å². The number of aromatic amines is 1. The van der Waals surface area contributed by atoms with Crippen molar-refractivity contribution < 1.29 is 80.7 Å². The van der Waals surface area contributed by atoms with Gasteiger partial charge in [-0.25, -0.2) is 33.1 Å². The fourth-order valence-corrected chi connectivity index (χ4v) is 8.90. The van der Waals surface area contributed by atoms with Crippen LogP contribution in [0.4, 0.5) is 29.7 Å². The molecule has 10 N–H and O–H groups in total. The Hall–Kier alpha value is -9.97. The number of primary amides is 1.